The summed E-state index contributed by atoms with van der Waals surface area (Å²) in [5.41, 5.74) is 2.43. The average molecular weight is 321 g/mol. The molecule has 0 spiro atoms. The Balaban J connectivity index is 1.66. The van der Waals surface area contributed by atoms with Gasteiger partial charge in [-0.2, -0.15) is 0 Å². The molecule has 2 aromatic heterocycles. The number of aromatic nitrogens is 4. The fourth-order valence-electron chi connectivity index (χ4n) is 2.44. The average Bonchev–Trinajstić information content (AvgIpc) is 3.06. The Labute approximate surface area is 142 Å². The number of benzene rings is 1. The molecule has 0 bridgehead atoms. The Morgan fingerprint density at radius 1 is 1.08 bits per heavy atom. The van der Waals surface area contributed by atoms with Crippen molar-refractivity contribution in [3.63, 3.8) is 0 Å². The van der Waals surface area contributed by atoms with Gasteiger partial charge in [0.25, 0.3) is 0 Å². The van der Waals surface area contributed by atoms with E-state index in [1.54, 1.807) is 6.20 Å². The smallest absolute Gasteiger partial charge is 0.135 e. The quantitative estimate of drug-likeness (QED) is 0.779. The third-order valence-electron chi connectivity index (χ3n) is 3.72. The van der Waals surface area contributed by atoms with Gasteiger partial charge in [0.2, 0.25) is 0 Å². The predicted molar refractivity (Wildman–Crippen MR) is 95.8 cm³/mol. The lowest BCUT2D eigenvalue weighted by molar-refractivity contribution is 0.546. The van der Waals surface area contributed by atoms with E-state index < -0.39 is 0 Å². The topological polar surface area (TPSA) is 55.6 Å². The van der Waals surface area contributed by atoms with Gasteiger partial charge in [0.05, 0.1) is 6.33 Å². The van der Waals surface area contributed by atoms with E-state index in [1.807, 2.05) is 24.8 Å². The normalized spacial score (nSPS) is 11.5. The number of imidazole rings is 1. The van der Waals surface area contributed by atoms with Gasteiger partial charge in [-0.25, -0.2) is 15.0 Å². The highest BCUT2D eigenvalue weighted by Gasteiger charge is 2.17. The first-order valence-electron chi connectivity index (χ1n) is 8.12. The van der Waals surface area contributed by atoms with Gasteiger partial charge in [0.15, 0.2) is 0 Å². The minimum atomic E-state index is -0.0532. The maximum atomic E-state index is 4.61. The molecule has 0 saturated heterocycles. The molecule has 5 heteroatoms. The molecule has 0 amide bonds. The summed E-state index contributed by atoms with van der Waals surface area (Å²) in [6.07, 6.45) is 7.42. The highest BCUT2D eigenvalue weighted by Crippen LogP contribution is 2.19. The van der Waals surface area contributed by atoms with Crippen LogP contribution in [0, 0.1) is 0 Å². The maximum absolute atomic E-state index is 4.61. The van der Waals surface area contributed by atoms with E-state index in [4.69, 9.17) is 0 Å². The first kappa shape index (κ1) is 16.2. The van der Waals surface area contributed by atoms with Gasteiger partial charge in [-0.1, -0.05) is 45.0 Å². The van der Waals surface area contributed by atoms with Gasteiger partial charge < -0.3 is 9.88 Å². The molecule has 1 N–H and O–H groups in total. The van der Waals surface area contributed by atoms with E-state index in [2.05, 4.69) is 69.9 Å². The molecule has 0 aliphatic heterocycles. The number of hydrogen-bond donors (Lipinski definition) is 1. The summed E-state index contributed by atoms with van der Waals surface area (Å²) in [6, 6.07) is 10.5. The summed E-state index contributed by atoms with van der Waals surface area (Å²) in [4.78, 5) is 13.1. The zero-order chi connectivity index (χ0) is 17.0. The number of hydrogen-bond acceptors (Lipinski definition) is 4. The second-order valence-corrected chi connectivity index (χ2v) is 6.92. The lowest BCUT2D eigenvalue weighted by Gasteiger charge is -2.17. The van der Waals surface area contributed by atoms with E-state index >= 15 is 0 Å². The summed E-state index contributed by atoms with van der Waals surface area (Å²) < 4.78 is 2.06. The van der Waals surface area contributed by atoms with E-state index in [9.17, 15) is 0 Å². The Hall–Kier alpha value is -2.69. The molecule has 2 heterocycles. The third kappa shape index (κ3) is 4.19. The highest BCUT2D eigenvalue weighted by atomic mass is 15.0. The van der Waals surface area contributed by atoms with Crippen molar-refractivity contribution in [2.24, 2.45) is 0 Å². The van der Waals surface area contributed by atoms with E-state index in [1.165, 1.54) is 11.1 Å². The number of anilines is 1. The Morgan fingerprint density at radius 2 is 1.92 bits per heavy atom. The van der Waals surface area contributed by atoms with Crippen molar-refractivity contribution >= 4 is 5.82 Å². The van der Waals surface area contributed by atoms with Crippen molar-refractivity contribution in [1.82, 2.24) is 19.5 Å². The Morgan fingerprint density at radius 3 is 2.67 bits per heavy atom. The van der Waals surface area contributed by atoms with Crippen molar-refractivity contribution in [2.75, 3.05) is 5.32 Å². The monoisotopic (exact) mass is 321 g/mol. The zero-order valence-corrected chi connectivity index (χ0v) is 14.4. The van der Waals surface area contributed by atoms with Gasteiger partial charge in [-0.15, -0.1) is 0 Å². The van der Waals surface area contributed by atoms with Crippen LogP contribution >= 0.6 is 0 Å². The summed E-state index contributed by atoms with van der Waals surface area (Å²) in [7, 11) is 0. The lowest BCUT2D eigenvalue weighted by Crippen LogP contribution is -2.16. The van der Waals surface area contributed by atoms with Gasteiger partial charge in [-0.05, 0) is 17.2 Å². The zero-order valence-electron chi connectivity index (χ0n) is 14.4. The maximum Gasteiger partial charge on any atom is 0.135 e. The second-order valence-electron chi connectivity index (χ2n) is 6.92. The molecule has 1 aromatic carbocycles. The van der Waals surface area contributed by atoms with Crippen LogP contribution in [0.5, 0.6) is 0 Å². The molecular weight excluding hydrogens is 298 g/mol. The van der Waals surface area contributed by atoms with Crippen LogP contribution in [0.25, 0.3) is 0 Å². The van der Waals surface area contributed by atoms with Crippen molar-refractivity contribution < 1.29 is 0 Å². The minimum Gasteiger partial charge on any atom is -0.366 e. The van der Waals surface area contributed by atoms with Crippen LogP contribution in [0.1, 0.15) is 37.7 Å². The second kappa shape index (κ2) is 6.83. The number of rotatable bonds is 5. The molecule has 0 aliphatic rings. The molecule has 3 rings (SSSR count). The molecule has 0 radical (unpaired) electrons. The van der Waals surface area contributed by atoms with Crippen molar-refractivity contribution in [3.05, 3.63) is 72.2 Å². The van der Waals surface area contributed by atoms with Gasteiger partial charge >= 0.3 is 0 Å². The summed E-state index contributed by atoms with van der Waals surface area (Å²) in [5, 5.41) is 3.39. The molecule has 0 atom stereocenters. The van der Waals surface area contributed by atoms with Crippen LogP contribution in [-0.2, 0) is 18.5 Å². The molecule has 5 nitrogen and oxygen atoms in total. The largest absolute Gasteiger partial charge is 0.366 e. The van der Waals surface area contributed by atoms with Crippen LogP contribution in [0.15, 0.2) is 55.2 Å². The summed E-state index contributed by atoms with van der Waals surface area (Å²) in [6.45, 7) is 7.91. The van der Waals surface area contributed by atoms with Crippen LogP contribution in [0.3, 0.4) is 0 Å². The molecule has 0 aliphatic carbocycles. The summed E-state index contributed by atoms with van der Waals surface area (Å²) in [5.74, 6) is 1.70. The van der Waals surface area contributed by atoms with E-state index in [-0.39, 0.29) is 5.41 Å². The van der Waals surface area contributed by atoms with Crippen LogP contribution < -0.4 is 5.32 Å². The van der Waals surface area contributed by atoms with Crippen LogP contribution in [-0.4, -0.2) is 19.5 Å². The number of nitrogens with zero attached hydrogens (tertiary/aromatic N) is 4. The van der Waals surface area contributed by atoms with Crippen molar-refractivity contribution in [2.45, 2.75) is 39.3 Å². The van der Waals surface area contributed by atoms with E-state index in [0.29, 0.717) is 0 Å². The van der Waals surface area contributed by atoms with Crippen LogP contribution in [0.4, 0.5) is 5.82 Å². The first-order chi connectivity index (χ1) is 11.5. The first-order valence-corrected chi connectivity index (χ1v) is 8.12. The highest BCUT2D eigenvalue weighted by molar-refractivity contribution is 5.36. The summed E-state index contributed by atoms with van der Waals surface area (Å²) >= 11 is 0. The minimum absolute atomic E-state index is 0.0532. The van der Waals surface area contributed by atoms with Crippen molar-refractivity contribution in [3.8, 4) is 0 Å². The fourth-order valence-corrected chi connectivity index (χ4v) is 2.44. The molecule has 124 valence electrons. The van der Waals surface area contributed by atoms with Gasteiger partial charge in [-0.3, -0.25) is 0 Å². The SMILES string of the molecule is CC(C)(C)c1nccc(NCc2cccc(Cn3ccnc3)c2)n1. The lowest BCUT2D eigenvalue weighted by atomic mass is 9.96. The number of nitrogens with one attached hydrogen (secondary N) is 1. The van der Waals surface area contributed by atoms with E-state index in [0.717, 1.165) is 24.7 Å². The predicted octanol–water partition coefficient (Wildman–Crippen LogP) is 3.63. The molecule has 0 fully saturated rings. The molecule has 0 saturated carbocycles. The standard InChI is InChI=1S/C19H23N5/c1-19(2,3)18-21-8-7-17(23-18)22-12-15-5-4-6-16(11-15)13-24-10-9-20-14-24/h4-11,14H,12-13H2,1-3H3,(H,21,22,23). The fraction of sp³-hybridized carbons (Fsp3) is 0.316. The van der Waals surface area contributed by atoms with Gasteiger partial charge in [0.1, 0.15) is 11.6 Å². The van der Waals surface area contributed by atoms with Gasteiger partial charge in [0, 0.05) is 37.1 Å². The van der Waals surface area contributed by atoms with Crippen molar-refractivity contribution in [1.29, 1.82) is 0 Å². The Kier molecular flexibility index (Phi) is 4.60. The Bertz CT molecular complexity index is 788. The molecule has 3 aromatic rings. The molecular formula is C19H23N5. The molecule has 24 heavy (non-hydrogen) atoms. The third-order valence-corrected chi connectivity index (χ3v) is 3.72. The molecule has 0 unspecified atom stereocenters. The van der Waals surface area contributed by atoms with Crippen LogP contribution in [0.2, 0.25) is 0 Å².